The Hall–Kier alpha value is -4.49. The number of carboxylic acid groups (broad SMARTS) is 1. The van der Waals surface area contributed by atoms with Gasteiger partial charge < -0.3 is 15.7 Å². The number of benzene rings is 3. The fourth-order valence-electron chi connectivity index (χ4n) is 4.47. The number of rotatable bonds is 6. The van der Waals surface area contributed by atoms with Crippen LogP contribution in [0.25, 0.3) is 0 Å². The van der Waals surface area contributed by atoms with Gasteiger partial charge in [0.1, 0.15) is 5.78 Å². The molecule has 0 saturated carbocycles. The summed E-state index contributed by atoms with van der Waals surface area (Å²) in [4.78, 5) is 46.1. The van der Waals surface area contributed by atoms with Gasteiger partial charge >= 0.3 is 5.97 Å². The molecule has 212 valence electrons. The number of aryl methyl sites for hydroxylation is 3. The molecule has 0 heterocycles. The van der Waals surface area contributed by atoms with Gasteiger partial charge in [0.05, 0.1) is 16.4 Å². The number of ketones is 1. The van der Waals surface area contributed by atoms with Crippen LogP contribution in [0.4, 0.5) is 5.69 Å². The molecule has 8 heteroatoms. The molecule has 2 atom stereocenters. The van der Waals surface area contributed by atoms with Gasteiger partial charge in [-0.2, -0.15) is 0 Å². The Morgan fingerprint density at radius 2 is 1.32 bits per heavy atom. The summed E-state index contributed by atoms with van der Waals surface area (Å²) in [6.07, 6.45) is 5.19. The van der Waals surface area contributed by atoms with Gasteiger partial charge in [-0.25, -0.2) is 4.79 Å². The van der Waals surface area contributed by atoms with E-state index < -0.39 is 10.8 Å². The minimum Gasteiger partial charge on any atom is -0.478 e. The summed E-state index contributed by atoms with van der Waals surface area (Å²) >= 11 is 6.39. The van der Waals surface area contributed by atoms with E-state index in [4.69, 9.17) is 16.7 Å². The standard InChI is InChI=1S/C17H18ClNO2.C16H15NO3/c1-11-6-4-5-7-14(11)16(21)19-13-8-9-15(12(2)20)17(3,18)10-13;1-10-5-3-4-6-13(10)15(18)17-12-7-8-14(16(19)20)11(2)9-12/h4-10,15H,1-3H3,(H,19,21);3-9H,1-2H3,(H,17,18)(H,19,20). The first-order chi connectivity index (χ1) is 19.3. The second-order valence-electron chi connectivity index (χ2n) is 10.1. The van der Waals surface area contributed by atoms with Gasteiger partial charge in [-0.15, -0.1) is 11.6 Å². The van der Waals surface area contributed by atoms with Crippen LogP contribution in [0.15, 0.2) is 90.7 Å². The second kappa shape index (κ2) is 13.2. The van der Waals surface area contributed by atoms with Crippen molar-refractivity contribution in [1.82, 2.24) is 5.32 Å². The first kappa shape index (κ1) is 31.0. The number of aromatic carboxylic acids is 1. The van der Waals surface area contributed by atoms with Gasteiger partial charge in [-0.05, 0) is 93.8 Å². The number of carboxylic acids is 1. The third kappa shape index (κ3) is 8.02. The summed E-state index contributed by atoms with van der Waals surface area (Å²) in [7, 11) is 0. The first-order valence-electron chi connectivity index (χ1n) is 13.0. The number of nitrogens with one attached hydrogen (secondary N) is 2. The van der Waals surface area contributed by atoms with Crippen LogP contribution in [0.5, 0.6) is 0 Å². The molecule has 0 spiro atoms. The van der Waals surface area contributed by atoms with Crippen molar-refractivity contribution in [2.45, 2.75) is 39.5 Å². The lowest BCUT2D eigenvalue weighted by Crippen LogP contribution is -2.35. The van der Waals surface area contributed by atoms with E-state index in [2.05, 4.69) is 10.6 Å². The van der Waals surface area contributed by atoms with Crippen molar-refractivity contribution in [2.24, 2.45) is 5.92 Å². The normalized spacial score (nSPS) is 17.4. The van der Waals surface area contributed by atoms with Crippen LogP contribution in [0.3, 0.4) is 0 Å². The molecule has 7 nitrogen and oxygen atoms in total. The third-order valence-corrected chi connectivity index (χ3v) is 7.05. The number of carbonyl (C=O) groups excluding carboxylic acids is 3. The maximum absolute atomic E-state index is 12.3. The Kier molecular flexibility index (Phi) is 10.0. The molecule has 4 rings (SSSR count). The Morgan fingerprint density at radius 1 is 0.780 bits per heavy atom. The number of carbonyl (C=O) groups is 4. The molecule has 1 aliphatic carbocycles. The molecule has 3 aromatic carbocycles. The highest BCUT2D eigenvalue weighted by Crippen LogP contribution is 2.33. The van der Waals surface area contributed by atoms with Crippen LogP contribution < -0.4 is 10.6 Å². The monoisotopic (exact) mass is 572 g/mol. The SMILES string of the molecule is CC(=O)C1C=CC(NC(=O)c2ccccc2C)=CC1(C)Cl.Cc1cc(NC(=O)c2ccccc2C)ccc1C(=O)O. The Morgan fingerprint density at radius 3 is 1.78 bits per heavy atom. The maximum Gasteiger partial charge on any atom is 0.335 e. The van der Waals surface area contributed by atoms with Crippen molar-refractivity contribution in [3.05, 3.63) is 124 Å². The number of alkyl halides is 1. The van der Waals surface area contributed by atoms with Gasteiger partial charge in [0.15, 0.2) is 0 Å². The summed E-state index contributed by atoms with van der Waals surface area (Å²) in [5.41, 5.74) is 5.07. The number of hydrogen-bond donors (Lipinski definition) is 3. The lowest BCUT2D eigenvalue weighted by Gasteiger charge is -2.29. The lowest BCUT2D eigenvalue weighted by atomic mass is 9.85. The predicted molar refractivity (Wildman–Crippen MR) is 162 cm³/mol. The van der Waals surface area contributed by atoms with Crippen LogP contribution in [0, 0.1) is 26.7 Å². The Labute approximate surface area is 244 Å². The number of allylic oxidation sites excluding steroid dienone is 3. The molecule has 0 aliphatic heterocycles. The summed E-state index contributed by atoms with van der Waals surface area (Å²) in [6, 6.07) is 19.4. The molecule has 0 radical (unpaired) electrons. The van der Waals surface area contributed by atoms with Gasteiger partial charge in [-0.3, -0.25) is 14.4 Å². The highest BCUT2D eigenvalue weighted by Gasteiger charge is 2.34. The lowest BCUT2D eigenvalue weighted by molar-refractivity contribution is -0.119. The summed E-state index contributed by atoms with van der Waals surface area (Å²) in [5, 5.41) is 14.6. The van der Waals surface area contributed by atoms with Crippen LogP contribution in [-0.2, 0) is 4.79 Å². The van der Waals surface area contributed by atoms with Crippen LogP contribution in [0.1, 0.15) is 61.6 Å². The number of hydrogen-bond acceptors (Lipinski definition) is 4. The largest absolute Gasteiger partial charge is 0.478 e. The highest BCUT2D eigenvalue weighted by molar-refractivity contribution is 6.27. The van der Waals surface area contributed by atoms with E-state index in [0.717, 1.165) is 11.1 Å². The van der Waals surface area contributed by atoms with Crippen molar-refractivity contribution in [3.63, 3.8) is 0 Å². The van der Waals surface area contributed by atoms with E-state index in [0.29, 0.717) is 28.1 Å². The zero-order valence-electron chi connectivity index (χ0n) is 23.6. The Bertz CT molecular complexity index is 1550. The fraction of sp³-hybridized carbons (Fsp3) is 0.212. The van der Waals surface area contributed by atoms with Gasteiger partial charge in [0, 0.05) is 22.5 Å². The molecular weight excluding hydrogens is 540 g/mol. The quantitative estimate of drug-likeness (QED) is 0.287. The van der Waals surface area contributed by atoms with Gasteiger partial charge in [0.2, 0.25) is 0 Å². The van der Waals surface area contributed by atoms with E-state index in [1.165, 1.54) is 13.0 Å². The van der Waals surface area contributed by atoms with Crippen LogP contribution in [0.2, 0.25) is 0 Å². The average molecular weight is 573 g/mol. The fourth-order valence-corrected chi connectivity index (χ4v) is 4.82. The predicted octanol–water partition coefficient (Wildman–Crippen LogP) is 6.64. The van der Waals surface area contributed by atoms with E-state index in [9.17, 15) is 19.2 Å². The number of amides is 2. The average Bonchev–Trinajstić information content (AvgIpc) is 2.88. The van der Waals surface area contributed by atoms with Crippen molar-refractivity contribution in [1.29, 1.82) is 0 Å². The summed E-state index contributed by atoms with van der Waals surface area (Å²) in [5.74, 6) is -1.73. The topological polar surface area (TPSA) is 113 Å². The van der Waals surface area contributed by atoms with E-state index >= 15 is 0 Å². The summed E-state index contributed by atoms with van der Waals surface area (Å²) < 4.78 is 0. The zero-order chi connectivity index (χ0) is 30.3. The molecule has 2 unspecified atom stereocenters. The van der Waals surface area contributed by atoms with Gasteiger partial charge in [0.25, 0.3) is 11.8 Å². The van der Waals surface area contributed by atoms with Crippen molar-refractivity contribution >= 4 is 40.9 Å². The first-order valence-corrected chi connectivity index (χ1v) is 13.4. The minimum atomic E-state index is -0.973. The molecule has 3 aromatic rings. The maximum atomic E-state index is 12.3. The van der Waals surface area contributed by atoms with Gasteiger partial charge in [-0.1, -0.05) is 42.5 Å². The van der Waals surface area contributed by atoms with E-state index in [-0.39, 0.29) is 29.1 Å². The molecule has 2 amide bonds. The van der Waals surface area contributed by atoms with E-state index in [1.807, 2.05) is 44.2 Å². The van der Waals surface area contributed by atoms with Crippen LogP contribution >= 0.6 is 11.6 Å². The molecule has 0 aromatic heterocycles. The number of halogens is 1. The molecule has 3 N–H and O–H groups in total. The number of anilines is 1. The van der Waals surface area contributed by atoms with E-state index in [1.54, 1.807) is 62.4 Å². The van der Waals surface area contributed by atoms with Crippen molar-refractivity contribution in [2.75, 3.05) is 5.32 Å². The smallest absolute Gasteiger partial charge is 0.335 e. The van der Waals surface area contributed by atoms with Crippen LogP contribution in [-0.4, -0.2) is 33.5 Å². The number of Topliss-reactive ketones (excluding diaryl/α,β-unsaturated/α-hetero) is 1. The van der Waals surface area contributed by atoms with Crippen molar-refractivity contribution in [3.8, 4) is 0 Å². The molecular formula is C33H33ClN2O5. The molecule has 0 fully saturated rings. The highest BCUT2D eigenvalue weighted by atomic mass is 35.5. The molecule has 41 heavy (non-hydrogen) atoms. The second-order valence-corrected chi connectivity index (χ2v) is 10.9. The minimum absolute atomic E-state index is 0.00396. The Balaban J connectivity index is 0.000000226. The van der Waals surface area contributed by atoms with Crippen molar-refractivity contribution < 1.29 is 24.3 Å². The third-order valence-electron chi connectivity index (χ3n) is 6.70. The summed E-state index contributed by atoms with van der Waals surface area (Å²) in [6.45, 7) is 8.74. The zero-order valence-corrected chi connectivity index (χ0v) is 24.4. The molecule has 0 bridgehead atoms. The molecule has 0 saturated heterocycles. The molecule has 1 aliphatic rings.